The third-order valence-corrected chi connectivity index (χ3v) is 4.95. The highest BCUT2D eigenvalue weighted by atomic mass is 19.1. The number of amides is 2. The van der Waals surface area contributed by atoms with E-state index in [1.807, 2.05) is 37.3 Å². The molecule has 4 nitrogen and oxygen atoms in total. The Labute approximate surface area is 173 Å². The third kappa shape index (κ3) is 7.33. The Morgan fingerprint density at radius 3 is 2.31 bits per heavy atom. The second kappa shape index (κ2) is 12.0. The molecule has 0 saturated carbocycles. The minimum atomic E-state index is -0.541. The van der Waals surface area contributed by atoms with Crippen LogP contribution in [-0.4, -0.2) is 29.3 Å². The van der Waals surface area contributed by atoms with Crippen LogP contribution in [0.1, 0.15) is 50.7 Å². The maximum atomic E-state index is 13.3. The summed E-state index contributed by atoms with van der Waals surface area (Å²) in [6.45, 7) is 4.87. The molecule has 0 aromatic heterocycles. The van der Waals surface area contributed by atoms with Crippen molar-refractivity contribution in [2.75, 3.05) is 6.54 Å². The number of unbranched alkanes of at least 4 members (excludes halogenated alkanes) is 1. The molecule has 2 rings (SSSR count). The van der Waals surface area contributed by atoms with Gasteiger partial charge in [0.25, 0.3) is 0 Å². The zero-order chi connectivity index (χ0) is 21.1. The van der Waals surface area contributed by atoms with Gasteiger partial charge in [-0.15, -0.1) is 0 Å². The van der Waals surface area contributed by atoms with Crippen molar-refractivity contribution in [3.63, 3.8) is 0 Å². The fourth-order valence-electron chi connectivity index (χ4n) is 3.25. The number of rotatable bonds is 11. The molecular formula is C24H31FN2O2. The van der Waals surface area contributed by atoms with Gasteiger partial charge in [0.15, 0.2) is 0 Å². The number of aryl methyl sites for hydroxylation is 1. The SMILES string of the molecule is CCCCNC(=O)[C@H](CC)N(Cc1ccc(F)cc1)C(=O)CCc1ccccc1. The highest BCUT2D eigenvalue weighted by Crippen LogP contribution is 2.15. The van der Waals surface area contributed by atoms with E-state index in [9.17, 15) is 14.0 Å². The summed E-state index contributed by atoms with van der Waals surface area (Å²) in [5.74, 6) is -0.521. The normalized spacial score (nSPS) is 11.7. The molecule has 1 N–H and O–H groups in total. The number of carbonyl (C=O) groups excluding carboxylic acids is 2. The average molecular weight is 399 g/mol. The molecule has 0 unspecified atom stereocenters. The number of hydrogen-bond acceptors (Lipinski definition) is 2. The topological polar surface area (TPSA) is 49.4 Å². The van der Waals surface area contributed by atoms with Gasteiger partial charge in [-0.05, 0) is 42.5 Å². The molecule has 2 amide bonds. The van der Waals surface area contributed by atoms with Crippen molar-refractivity contribution in [3.05, 3.63) is 71.5 Å². The fraction of sp³-hybridized carbons (Fsp3) is 0.417. The number of carbonyl (C=O) groups is 2. The lowest BCUT2D eigenvalue weighted by Gasteiger charge is -2.31. The summed E-state index contributed by atoms with van der Waals surface area (Å²) >= 11 is 0. The summed E-state index contributed by atoms with van der Waals surface area (Å²) in [5, 5.41) is 2.95. The van der Waals surface area contributed by atoms with Crippen LogP contribution in [0.5, 0.6) is 0 Å². The van der Waals surface area contributed by atoms with Crippen molar-refractivity contribution in [1.29, 1.82) is 0 Å². The molecule has 0 heterocycles. The van der Waals surface area contributed by atoms with Gasteiger partial charge in [0.1, 0.15) is 11.9 Å². The van der Waals surface area contributed by atoms with E-state index in [4.69, 9.17) is 0 Å². The van der Waals surface area contributed by atoms with Crippen molar-refractivity contribution in [2.24, 2.45) is 0 Å². The molecule has 2 aromatic rings. The van der Waals surface area contributed by atoms with Gasteiger partial charge in [0.2, 0.25) is 11.8 Å². The lowest BCUT2D eigenvalue weighted by Crippen LogP contribution is -2.49. The predicted octanol–water partition coefficient (Wildman–Crippen LogP) is 4.48. The predicted molar refractivity (Wildman–Crippen MR) is 114 cm³/mol. The number of benzene rings is 2. The second-order valence-corrected chi connectivity index (χ2v) is 7.20. The molecular weight excluding hydrogens is 367 g/mol. The standard InChI is InChI=1S/C24H31FN2O2/c1-3-5-17-26-24(29)22(4-2)27(18-20-11-14-21(25)15-12-20)23(28)16-13-19-9-7-6-8-10-19/h6-12,14-15,22H,3-5,13,16-18H2,1-2H3,(H,26,29)/t22-/m0/s1. The molecule has 0 fully saturated rings. The number of hydrogen-bond donors (Lipinski definition) is 1. The Morgan fingerprint density at radius 1 is 1.00 bits per heavy atom. The maximum Gasteiger partial charge on any atom is 0.242 e. The van der Waals surface area contributed by atoms with Crippen LogP contribution in [0.25, 0.3) is 0 Å². The van der Waals surface area contributed by atoms with E-state index in [0.29, 0.717) is 25.8 Å². The van der Waals surface area contributed by atoms with Crippen molar-refractivity contribution in [1.82, 2.24) is 10.2 Å². The van der Waals surface area contributed by atoms with E-state index >= 15 is 0 Å². The van der Waals surface area contributed by atoms with Crippen LogP contribution in [0.4, 0.5) is 4.39 Å². The Morgan fingerprint density at radius 2 is 1.69 bits per heavy atom. The summed E-state index contributed by atoms with van der Waals surface area (Å²) < 4.78 is 13.3. The molecule has 1 atom stereocenters. The lowest BCUT2D eigenvalue weighted by atomic mass is 10.1. The van der Waals surface area contributed by atoms with Gasteiger partial charge in [-0.2, -0.15) is 0 Å². The zero-order valence-electron chi connectivity index (χ0n) is 17.4. The van der Waals surface area contributed by atoms with Crippen LogP contribution in [-0.2, 0) is 22.6 Å². The van der Waals surface area contributed by atoms with E-state index in [-0.39, 0.29) is 24.2 Å². The van der Waals surface area contributed by atoms with Crippen molar-refractivity contribution >= 4 is 11.8 Å². The van der Waals surface area contributed by atoms with Crippen LogP contribution < -0.4 is 5.32 Å². The number of halogens is 1. The molecule has 0 spiro atoms. The highest BCUT2D eigenvalue weighted by Gasteiger charge is 2.28. The largest absolute Gasteiger partial charge is 0.354 e. The molecule has 29 heavy (non-hydrogen) atoms. The van der Waals surface area contributed by atoms with E-state index in [0.717, 1.165) is 24.0 Å². The minimum absolute atomic E-state index is 0.0735. The monoisotopic (exact) mass is 398 g/mol. The van der Waals surface area contributed by atoms with Crippen molar-refractivity contribution in [2.45, 2.75) is 58.5 Å². The van der Waals surface area contributed by atoms with E-state index in [1.54, 1.807) is 17.0 Å². The molecule has 0 aliphatic carbocycles. The summed E-state index contributed by atoms with van der Waals surface area (Å²) in [6.07, 6.45) is 3.36. The molecule has 5 heteroatoms. The summed E-state index contributed by atoms with van der Waals surface area (Å²) in [4.78, 5) is 27.5. The smallest absolute Gasteiger partial charge is 0.242 e. The molecule has 0 bridgehead atoms. The van der Waals surface area contributed by atoms with Crippen molar-refractivity contribution < 1.29 is 14.0 Å². The van der Waals surface area contributed by atoms with Gasteiger partial charge in [-0.25, -0.2) is 4.39 Å². The lowest BCUT2D eigenvalue weighted by molar-refractivity contribution is -0.141. The zero-order valence-corrected chi connectivity index (χ0v) is 17.4. The van der Waals surface area contributed by atoms with Crippen LogP contribution in [0, 0.1) is 5.82 Å². The summed E-state index contributed by atoms with van der Waals surface area (Å²) in [5.41, 5.74) is 1.89. The molecule has 2 aromatic carbocycles. The van der Waals surface area contributed by atoms with Gasteiger partial charge in [-0.3, -0.25) is 9.59 Å². The first-order valence-electron chi connectivity index (χ1n) is 10.4. The summed E-state index contributed by atoms with van der Waals surface area (Å²) in [7, 11) is 0. The third-order valence-electron chi connectivity index (χ3n) is 4.95. The first kappa shape index (κ1) is 22.6. The van der Waals surface area contributed by atoms with Gasteiger partial charge < -0.3 is 10.2 Å². The van der Waals surface area contributed by atoms with Crippen LogP contribution >= 0.6 is 0 Å². The number of nitrogens with zero attached hydrogens (tertiary/aromatic N) is 1. The van der Waals surface area contributed by atoms with E-state index in [1.165, 1.54) is 12.1 Å². The molecule has 0 aliphatic heterocycles. The fourth-order valence-corrected chi connectivity index (χ4v) is 3.25. The quantitative estimate of drug-likeness (QED) is 0.567. The molecule has 0 radical (unpaired) electrons. The van der Waals surface area contributed by atoms with Gasteiger partial charge in [0.05, 0.1) is 0 Å². The van der Waals surface area contributed by atoms with E-state index < -0.39 is 6.04 Å². The molecule has 0 saturated heterocycles. The Kier molecular flexibility index (Phi) is 9.35. The Hall–Kier alpha value is -2.69. The van der Waals surface area contributed by atoms with Gasteiger partial charge >= 0.3 is 0 Å². The van der Waals surface area contributed by atoms with Crippen LogP contribution in [0.3, 0.4) is 0 Å². The van der Waals surface area contributed by atoms with Crippen LogP contribution in [0.15, 0.2) is 54.6 Å². The van der Waals surface area contributed by atoms with Crippen molar-refractivity contribution in [3.8, 4) is 0 Å². The Bertz CT molecular complexity index is 762. The number of nitrogens with one attached hydrogen (secondary N) is 1. The molecule has 0 aliphatic rings. The molecule has 156 valence electrons. The maximum absolute atomic E-state index is 13.3. The van der Waals surface area contributed by atoms with Crippen LogP contribution in [0.2, 0.25) is 0 Å². The highest BCUT2D eigenvalue weighted by molar-refractivity contribution is 5.87. The summed E-state index contributed by atoms with van der Waals surface area (Å²) in [6, 6.07) is 15.4. The first-order chi connectivity index (χ1) is 14.0. The Balaban J connectivity index is 2.14. The first-order valence-corrected chi connectivity index (χ1v) is 10.4. The van der Waals surface area contributed by atoms with E-state index in [2.05, 4.69) is 12.2 Å². The second-order valence-electron chi connectivity index (χ2n) is 7.20. The minimum Gasteiger partial charge on any atom is -0.354 e. The average Bonchev–Trinajstić information content (AvgIpc) is 2.74. The van der Waals surface area contributed by atoms with Gasteiger partial charge in [-0.1, -0.05) is 62.7 Å². The van der Waals surface area contributed by atoms with Gasteiger partial charge in [0, 0.05) is 19.5 Å².